The Morgan fingerprint density at radius 3 is 2.81 bits per heavy atom. The van der Waals surface area contributed by atoms with Gasteiger partial charge in [-0.15, -0.1) is 0 Å². The fourth-order valence-electron chi connectivity index (χ4n) is 1.78. The van der Waals surface area contributed by atoms with Crippen molar-refractivity contribution in [3.05, 3.63) is 28.2 Å². The molecule has 2 N–H and O–H groups in total. The van der Waals surface area contributed by atoms with E-state index in [9.17, 15) is 0 Å². The number of nitrogens with two attached hydrogens (primary N) is 1. The van der Waals surface area contributed by atoms with Gasteiger partial charge in [-0.1, -0.05) is 22.0 Å². The number of rotatable bonds is 2. The molecule has 0 unspecified atom stereocenters. The first-order chi connectivity index (χ1) is 7.81. The number of benzene rings is 1. The quantitative estimate of drug-likeness (QED) is 0.509. The molecule has 1 aliphatic rings. The first-order valence-corrected chi connectivity index (χ1v) is 5.96. The minimum absolute atomic E-state index is 0.770. The zero-order chi connectivity index (χ0) is 11.4. The summed E-state index contributed by atoms with van der Waals surface area (Å²) in [5, 5.41) is 3.59. The third kappa shape index (κ3) is 2.54. The molecule has 1 aliphatic heterocycles. The minimum atomic E-state index is 0.770. The highest BCUT2D eigenvalue weighted by Crippen LogP contribution is 2.24. The molecule has 4 nitrogen and oxygen atoms in total. The molecule has 0 amide bonds. The van der Waals surface area contributed by atoms with E-state index in [4.69, 9.17) is 10.6 Å². The van der Waals surface area contributed by atoms with Crippen molar-refractivity contribution in [2.24, 2.45) is 10.9 Å². The van der Waals surface area contributed by atoms with E-state index >= 15 is 0 Å². The van der Waals surface area contributed by atoms with E-state index in [1.165, 1.54) is 0 Å². The number of halogens is 1. The van der Waals surface area contributed by atoms with Gasteiger partial charge < -0.3 is 15.5 Å². The Bertz CT molecular complexity index is 389. The molecule has 1 fully saturated rings. The van der Waals surface area contributed by atoms with Crippen LogP contribution in [0.3, 0.4) is 0 Å². The summed E-state index contributed by atoms with van der Waals surface area (Å²) in [4.78, 5) is 2.28. The number of hydrogen-bond acceptors (Lipinski definition) is 4. The maximum absolute atomic E-state index is 5.34. The Labute approximate surface area is 103 Å². The van der Waals surface area contributed by atoms with Crippen LogP contribution in [0.25, 0.3) is 0 Å². The van der Waals surface area contributed by atoms with Gasteiger partial charge in [-0.2, -0.15) is 5.10 Å². The molecule has 1 aromatic rings. The lowest BCUT2D eigenvalue weighted by molar-refractivity contribution is 0.122. The van der Waals surface area contributed by atoms with Gasteiger partial charge in [-0.3, -0.25) is 0 Å². The van der Waals surface area contributed by atoms with Crippen LogP contribution in [-0.2, 0) is 4.74 Å². The normalized spacial score (nSPS) is 16.9. The summed E-state index contributed by atoms with van der Waals surface area (Å²) in [7, 11) is 0. The van der Waals surface area contributed by atoms with Gasteiger partial charge in [-0.25, -0.2) is 0 Å². The van der Waals surface area contributed by atoms with Crippen LogP contribution in [0.4, 0.5) is 5.69 Å². The summed E-state index contributed by atoms with van der Waals surface area (Å²) in [6.07, 6.45) is 1.68. The van der Waals surface area contributed by atoms with Crippen molar-refractivity contribution < 1.29 is 4.74 Å². The molecular formula is C11H14BrN3O. The van der Waals surface area contributed by atoms with Gasteiger partial charge in [0, 0.05) is 28.8 Å². The summed E-state index contributed by atoms with van der Waals surface area (Å²) in [5.74, 6) is 5.21. The van der Waals surface area contributed by atoms with Crippen molar-refractivity contribution in [1.29, 1.82) is 0 Å². The average molecular weight is 284 g/mol. The largest absolute Gasteiger partial charge is 0.378 e. The Hall–Kier alpha value is -1.07. The third-order valence-corrected chi connectivity index (χ3v) is 3.05. The lowest BCUT2D eigenvalue weighted by Crippen LogP contribution is -2.36. The molecule has 86 valence electrons. The van der Waals surface area contributed by atoms with E-state index in [1.807, 2.05) is 12.1 Å². The van der Waals surface area contributed by atoms with Crippen molar-refractivity contribution in [1.82, 2.24) is 0 Å². The molecule has 2 rings (SSSR count). The van der Waals surface area contributed by atoms with Crippen LogP contribution in [0.1, 0.15) is 5.56 Å². The highest BCUT2D eigenvalue weighted by Gasteiger charge is 2.14. The molecule has 0 saturated carbocycles. The van der Waals surface area contributed by atoms with Gasteiger partial charge in [-0.05, 0) is 12.1 Å². The molecule has 1 aromatic carbocycles. The summed E-state index contributed by atoms with van der Waals surface area (Å²) in [5.41, 5.74) is 2.18. The van der Waals surface area contributed by atoms with Crippen molar-refractivity contribution >= 4 is 27.8 Å². The predicted molar refractivity (Wildman–Crippen MR) is 69.0 cm³/mol. The molecule has 1 heterocycles. The van der Waals surface area contributed by atoms with Crippen molar-refractivity contribution in [2.75, 3.05) is 31.2 Å². The molecule has 16 heavy (non-hydrogen) atoms. The Kier molecular flexibility index (Phi) is 3.79. The second-order valence-corrected chi connectivity index (χ2v) is 4.50. The topological polar surface area (TPSA) is 50.8 Å². The number of ether oxygens (including phenoxy) is 1. The molecule has 5 heteroatoms. The van der Waals surface area contributed by atoms with E-state index in [2.05, 4.69) is 32.0 Å². The highest BCUT2D eigenvalue weighted by atomic mass is 79.9. The molecule has 0 radical (unpaired) electrons. The molecule has 1 saturated heterocycles. The van der Waals surface area contributed by atoms with Crippen LogP contribution in [0, 0.1) is 0 Å². The summed E-state index contributed by atoms with van der Waals surface area (Å²) < 4.78 is 6.40. The van der Waals surface area contributed by atoms with Crippen LogP contribution in [-0.4, -0.2) is 32.5 Å². The van der Waals surface area contributed by atoms with E-state index < -0.39 is 0 Å². The molecule has 0 atom stereocenters. The van der Waals surface area contributed by atoms with Gasteiger partial charge in [0.25, 0.3) is 0 Å². The van der Waals surface area contributed by atoms with Gasteiger partial charge in [0.1, 0.15) is 0 Å². The standard InChI is InChI=1S/C11H14BrN3O/c12-10-2-1-9(8-14-13)11(7-10)15-3-5-16-6-4-15/h1-2,7-8H,3-6,13H2. The van der Waals surface area contributed by atoms with Crippen LogP contribution in [0.2, 0.25) is 0 Å². The Morgan fingerprint density at radius 1 is 1.38 bits per heavy atom. The van der Waals surface area contributed by atoms with E-state index in [-0.39, 0.29) is 0 Å². The van der Waals surface area contributed by atoms with Crippen LogP contribution in [0.15, 0.2) is 27.8 Å². The van der Waals surface area contributed by atoms with Crippen LogP contribution in [0.5, 0.6) is 0 Å². The number of hydrogen-bond donors (Lipinski definition) is 1. The van der Waals surface area contributed by atoms with Gasteiger partial charge in [0.15, 0.2) is 0 Å². The highest BCUT2D eigenvalue weighted by molar-refractivity contribution is 9.10. The van der Waals surface area contributed by atoms with E-state index in [0.717, 1.165) is 42.0 Å². The number of anilines is 1. The van der Waals surface area contributed by atoms with Crippen LogP contribution >= 0.6 is 15.9 Å². The van der Waals surface area contributed by atoms with E-state index in [1.54, 1.807) is 6.21 Å². The maximum atomic E-state index is 5.34. The molecule has 0 aromatic heterocycles. The lowest BCUT2D eigenvalue weighted by atomic mass is 10.1. The van der Waals surface area contributed by atoms with Crippen molar-refractivity contribution in [3.8, 4) is 0 Å². The maximum Gasteiger partial charge on any atom is 0.0642 e. The fourth-order valence-corrected chi connectivity index (χ4v) is 2.13. The number of morpholine rings is 1. The SMILES string of the molecule is NN=Cc1ccc(Br)cc1N1CCOCC1. The first kappa shape index (κ1) is 11.4. The summed E-state index contributed by atoms with van der Waals surface area (Å²) >= 11 is 3.48. The fraction of sp³-hybridized carbons (Fsp3) is 0.364. The van der Waals surface area contributed by atoms with Gasteiger partial charge in [0.05, 0.1) is 19.4 Å². The zero-order valence-corrected chi connectivity index (χ0v) is 10.5. The summed E-state index contributed by atoms with van der Waals surface area (Å²) in [6.45, 7) is 3.35. The Balaban J connectivity index is 2.32. The van der Waals surface area contributed by atoms with Crippen molar-refractivity contribution in [2.45, 2.75) is 0 Å². The van der Waals surface area contributed by atoms with Crippen LogP contribution < -0.4 is 10.7 Å². The van der Waals surface area contributed by atoms with E-state index in [0.29, 0.717) is 0 Å². The molecule has 0 aliphatic carbocycles. The summed E-state index contributed by atoms with van der Waals surface area (Å²) in [6, 6.07) is 6.08. The number of nitrogens with zero attached hydrogens (tertiary/aromatic N) is 2. The minimum Gasteiger partial charge on any atom is -0.378 e. The third-order valence-electron chi connectivity index (χ3n) is 2.56. The molecule has 0 bridgehead atoms. The zero-order valence-electron chi connectivity index (χ0n) is 8.90. The lowest BCUT2D eigenvalue weighted by Gasteiger charge is -2.30. The first-order valence-electron chi connectivity index (χ1n) is 5.17. The predicted octanol–water partition coefficient (Wildman–Crippen LogP) is 1.58. The van der Waals surface area contributed by atoms with Gasteiger partial charge in [0.2, 0.25) is 0 Å². The van der Waals surface area contributed by atoms with Crippen molar-refractivity contribution in [3.63, 3.8) is 0 Å². The smallest absolute Gasteiger partial charge is 0.0642 e. The monoisotopic (exact) mass is 283 g/mol. The number of hydrazone groups is 1. The second-order valence-electron chi connectivity index (χ2n) is 3.58. The Morgan fingerprint density at radius 2 is 2.12 bits per heavy atom. The molecule has 0 spiro atoms. The molecular weight excluding hydrogens is 270 g/mol. The average Bonchev–Trinajstić information content (AvgIpc) is 2.33. The van der Waals surface area contributed by atoms with Gasteiger partial charge >= 0.3 is 0 Å². The second kappa shape index (κ2) is 5.32.